The van der Waals surface area contributed by atoms with Gasteiger partial charge in [-0.3, -0.25) is 10.1 Å². The molecule has 1 saturated heterocycles. The van der Waals surface area contributed by atoms with E-state index in [-0.39, 0.29) is 11.8 Å². The standard InChI is InChI=1S/C26H34N4O4S/c1-4-34-17-7-14-30-23-9-6-5-8-22(23)27-26(30)28-25(31)21-12-15-29(16-13-21)35(32,33)24-11-10-19(2)18-20(24)3/h5-6,8-11,18,21H,4,7,12-17H2,1-3H3,(H,27,28,31). The summed E-state index contributed by atoms with van der Waals surface area (Å²) in [6, 6.07) is 13.2. The number of rotatable bonds is 9. The van der Waals surface area contributed by atoms with Crippen molar-refractivity contribution in [3.63, 3.8) is 0 Å². The van der Waals surface area contributed by atoms with Gasteiger partial charge in [-0.15, -0.1) is 0 Å². The van der Waals surface area contributed by atoms with Gasteiger partial charge in [0.05, 0.1) is 15.9 Å². The molecule has 0 aliphatic carbocycles. The lowest BCUT2D eigenvalue weighted by Gasteiger charge is -2.31. The number of amides is 1. The van der Waals surface area contributed by atoms with Gasteiger partial charge in [0.25, 0.3) is 0 Å². The fourth-order valence-corrected chi connectivity index (χ4v) is 6.34. The van der Waals surface area contributed by atoms with E-state index >= 15 is 0 Å². The number of aryl methyl sites for hydroxylation is 3. The third-order valence-corrected chi connectivity index (χ3v) is 8.60. The van der Waals surface area contributed by atoms with Gasteiger partial charge in [0.15, 0.2) is 0 Å². The first kappa shape index (κ1) is 25.3. The van der Waals surface area contributed by atoms with Gasteiger partial charge in [-0.2, -0.15) is 4.31 Å². The zero-order valence-corrected chi connectivity index (χ0v) is 21.5. The fourth-order valence-electron chi connectivity index (χ4n) is 4.66. The monoisotopic (exact) mass is 498 g/mol. The number of fused-ring (bicyclic) bond motifs is 1. The second-order valence-electron chi connectivity index (χ2n) is 9.06. The van der Waals surface area contributed by atoms with Crippen molar-refractivity contribution in [3.05, 3.63) is 53.6 Å². The molecule has 0 unspecified atom stereocenters. The Morgan fingerprint density at radius 1 is 1.14 bits per heavy atom. The molecule has 1 aromatic heterocycles. The smallest absolute Gasteiger partial charge is 0.243 e. The zero-order chi connectivity index (χ0) is 25.0. The number of hydrogen-bond acceptors (Lipinski definition) is 5. The highest BCUT2D eigenvalue weighted by molar-refractivity contribution is 7.89. The second kappa shape index (κ2) is 10.9. The van der Waals surface area contributed by atoms with Crippen molar-refractivity contribution in [2.75, 3.05) is 31.6 Å². The predicted octanol–water partition coefficient (Wildman–Crippen LogP) is 4.12. The van der Waals surface area contributed by atoms with E-state index in [0.717, 1.165) is 28.6 Å². The van der Waals surface area contributed by atoms with E-state index < -0.39 is 10.0 Å². The number of aromatic nitrogens is 2. The number of hydrogen-bond donors (Lipinski definition) is 1. The molecule has 2 aromatic carbocycles. The van der Waals surface area contributed by atoms with Crippen LogP contribution in [0, 0.1) is 19.8 Å². The van der Waals surface area contributed by atoms with Crippen LogP contribution >= 0.6 is 0 Å². The van der Waals surface area contributed by atoms with E-state index in [0.29, 0.717) is 56.5 Å². The maximum Gasteiger partial charge on any atom is 0.243 e. The molecule has 0 radical (unpaired) electrons. The molecular formula is C26H34N4O4S. The van der Waals surface area contributed by atoms with Gasteiger partial charge in [0.2, 0.25) is 21.9 Å². The molecule has 0 spiro atoms. The number of benzene rings is 2. The minimum atomic E-state index is -3.58. The molecule has 2 heterocycles. The minimum Gasteiger partial charge on any atom is -0.382 e. The number of nitrogens with zero attached hydrogens (tertiary/aromatic N) is 3. The highest BCUT2D eigenvalue weighted by Crippen LogP contribution is 2.27. The Bertz CT molecular complexity index is 1290. The summed E-state index contributed by atoms with van der Waals surface area (Å²) < 4.78 is 35.3. The van der Waals surface area contributed by atoms with Crippen LogP contribution in [-0.4, -0.2) is 54.5 Å². The average molecular weight is 499 g/mol. The van der Waals surface area contributed by atoms with Crippen LogP contribution in [0.4, 0.5) is 5.95 Å². The summed E-state index contributed by atoms with van der Waals surface area (Å²) >= 11 is 0. The highest BCUT2D eigenvalue weighted by Gasteiger charge is 2.33. The molecule has 0 saturated carbocycles. The Hall–Kier alpha value is -2.75. The topological polar surface area (TPSA) is 93.5 Å². The van der Waals surface area contributed by atoms with E-state index in [1.54, 1.807) is 6.07 Å². The molecule has 1 fully saturated rings. The summed E-state index contributed by atoms with van der Waals surface area (Å²) in [7, 11) is -3.58. The Kier molecular flexibility index (Phi) is 7.88. The number of anilines is 1. The Labute approximate surface area is 207 Å². The molecule has 1 amide bonds. The van der Waals surface area contributed by atoms with Crippen molar-refractivity contribution < 1.29 is 17.9 Å². The Balaban J connectivity index is 1.43. The number of ether oxygens (including phenoxy) is 1. The van der Waals surface area contributed by atoms with Gasteiger partial charge in [-0.1, -0.05) is 29.8 Å². The van der Waals surface area contributed by atoms with Crippen molar-refractivity contribution in [3.8, 4) is 0 Å². The van der Waals surface area contributed by atoms with Crippen LogP contribution in [0.15, 0.2) is 47.4 Å². The lowest BCUT2D eigenvalue weighted by Crippen LogP contribution is -2.41. The van der Waals surface area contributed by atoms with Crippen molar-refractivity contribution in [1.29, 1.82) is 0 Å². The van der Waals surface area contributed by atoms with Gasteiger partial charge in [0, 0.05) is 38.8 Å². The van der Waals surface area contributed by atoms with E-state index in [2.05, 4.69) is 10.3 Å². The summed E-state index contributed by atoms with van der Waals surface area (Å²) in [6.07, 6.45) is 1.76. The van der Waals surface area contributed by atoms with Crippen molar-refractivity contribution >= 4 is 32.9 Å². The molecule has 4 rings (SSSR count). The van der Waals surface area contributed by atoms with Crippen molar-refractivity contribution in [2.24, 2.45) is 5.92 Å². The van der Waals surface area contributed by atoms with Crippen LogP contribution in [0.25, 0.3) is 11.0 Å². The van der Waals surface area contributed by atoms with Gasteiger partial charge in [-0.25, -0.2) is 13.4 Å². The largest absolute Gasteiger partial charge is 0.382 e. The Morgan fingerprint density at radius 2 is 1.89 bits per heavy atom. The Morgan fingerprint density at radius 3 is 2.60 bits per heavy atom. The lowest BCUT2D eigenvalue weighted by molar-refractivity contribution is -0.121. The normalized spacial score (nSPS) is 15.5. The lowest BCUT2D eigenvalue weighted by atomic mass is 9.97. The number of piperidine rings is 1. The van der Waals surface area contributed by atoms with E-state index in [1.165, 1.54) is 4.31 Å². The van der Waals surface area contributed by atoms with E-state index in [4.69, 9.17) is 4.74 Å². The summed E-state index contributed by atoms with van der Waals surface area (Å²) in [4.78, 5) is 18.1. The first-order valence-corrected chi connectivity index (χ1v) is 13.7. The van der Waals surface area contributed by atoms with Crippen molar-refractivity contribution in [1.82, 2.24) is 13.9 Å². The molecule has 188 valence electrons. The number of nitrogens with one attached hydrogen (secondary N) is 1. The van der Waals surface area contributed by atoms with Gasteiger partial charge in [-0.05, 0) is 63.8 Å². The number of sulfonamides is 1. The molecule has 0 bridgehead atoms. The summed E-state index contributed by atoms with van der Waals surface area (Å²) in [6.45, 7) is 8.37. The molecule has 1 aliphatic heterocycles. The summed E-state index contributed by atoms with van der Waals surface area (Å²) in [5.74, 6) is 0.144. The second-order valence-corrected chi connectivity index (χ2v) is 11.0. The maximum atomic E-state index is 13.2. The van der Waals surface area contributed by atoms with Crippen LogP contribution in [-0.2, 0) is 26.1 Å². The highest BCUT2D eigenvalue weighted by atomic mass is 32.2. The summed E-state index contributed by atoms with van der Waals surface area (Å²) in [5, 5.41) is 3.02. The molecule has 3 aromatic rings. The summed E-state index contributed by atoms with van der Waals surface area (Å²) in [5.41, 5.74) is 3.57. The molecule has 1 N–H and O–H groups in total. The van der Waals surface area contributed by atoms with Crippen molar-refractivity contribution in [2.45, 2.75) is 51.5 Å². The molecule has 9 heteroatoms. The molecular weight excluding hydrogens is 464 g/mol. The number of carbonyl (C=O) groups excluding carboxylic acids is 1. The number of carbonyl (C=O) groups is 1. The maximum absolute atomic E-state index is 13.2. The van der Waals surface area contributed by atoms with Gasteiger partial charge in [0.1, 0.15) is 0 Å². The number of imidazole rings is 1. The van der Waals surface area contributed by atoms with Crippen LogP contribution in [0.5, 0.6) is 0 Å². The average Bonchev–Trinajstić information content (AvgIpc) is 3.18. The van der Waals surface area contributed by atoms with Crippen LogP contribution in [0.1, 0.15) is 37.3 Å². The first-order valence-electron chi connectivity index (χ1n) is 12.2. The molecule has 35 heavy (non-hydrogen) atoms. The van der Waals surface area contributed by atoms with Crippen LogP contribution < -0.4 is 5.32 Å². The van der Waals surface area contributed by atoms with Crippen LogP contribution in [0.3, 0.4) is 0 Å². The number of para-hydroxylation sites is 2. The first-order chi connectivity index (χ1) is 16.8. The molecule has 1 aliphatic rings. The fraction of sp³-hybridized carbons (Fsp3) is 0.462. The minimum absolute atomic E-state index is 0.116. The third-order valence-electron chi connectivity index (χ3n) is 6.54. The van der Waals surface area contributed by atoms with Gasteiger partial charge < -0.3 is 9.30 Å². The van der Waals surface area contributed by atoms with E-state index in [1.807, 2.05) is 61.7 Å². The SMILES string of the molecule is CCOCCCn1c(NC(=O)C2CCN(S(=O)(=O)c3ccc(C)cc3C)CC2)nc2ccccc21. The van der Waals surface area contributed by atoms with Gasteiger partial charge >= 0.3 is 0 Å². The quantitative estimate of drug-likeness (QED) is 0.448. The predicted molar refractivity (Wildman–Crippen MR) is 137 cm³/mol. The molecule has 0 atom stereocenters. The zero-order valence-electron chi connectivity index (χ0n) is 20.7. The molecule has 8 nitrogen and oxygen atoms in total. The van der Waals surface area contributed by atoms with Crippen LogP contribution in [0.2, 0.25) is 0 Å². The van der Waals surface area contributed by atoms with E-state index in [9.17, 15) is 13.2 Å². The third kappa shape index (κ3) is 5.58.